The van der Waals surface area contributed by atoms with Gasteiger partial charge in [-0.1, -0.05) is 29.4 Å². The Kier molecular flexibility index (Phi) is 4.81. The van der Waals surface area contributed by atoms with Gasteiger partial charge in [0.25, 0.3) is 0 Å². The fourth-order valence-electron chi connectivity index (χ4n) is 2.42. The Balaban J connectivity index is 2.05. The topological polar surface area (TPSA) is 99.2 Å². The minimum atomic E-state index is -3.11. The summed E-state index contributed by atoms with van der Waals surface area (Å²) in [4.78, 5) is 2.16. The molecule has 1 heterocycles. The van der Waals surface area contributed by atoms with Crippen LogP contribution in [0, 0.1) is 0 Å². The molecule has 0 amide bonds. The van der Waals surface area contributed by atoms with Crippen molar-refractivity contribution in [1.82, 2.24) is 9.21 Å². The molecule has 0 aromatic heterocycles. The molecule has 2 rings (SSSR count). The number of amidine groups is 1. The Morgan fingerprint density at radius 3 is 2.48 bits per heavy atom. The third-order valence-electron chi connectivity index (χ3n) is 3.60. The highest BCUT2D eigenvalue weighted by molar-refractivity contribution is 7.88. The van der Waals surface area contributed by atoms with Gasteiger partial charge < -0.3 is 10.9 Å². The first-order valence-corrected chi connectivity index (χ1v) is 8.50. The maximum atomic E-state index is 11.5. The molecule has 0 spiro atoms. The predicted octanol–water partition coefficient (Wildman–Crippen LogP) is -0.142. The maximum Gasteiger partial charge on any atom is 0.211 e. The number of benzene rings is 1. The van der Waals surface area contributed by atoms with Gasteiger partial charge in [0, 0.05) is 38.3 Å². The molecule has 0 unspecified atom stereocenters. The van der Waals surface area contributed by atoms with Crippen molar-refractivity contribution in [3.8, 4) is 0 Å². The van der Waals surface area contributed by atoms with Gasteiger partial charge in [0.15, 0.2) is 5.84 Å². The normalized spacial score (nSPS) is 18.8. The highest BCUT2D eigenvalue weighted by atomic mass is 32.2. The Morgan fingerprint density at radius 1 is 1.29 bits per heavy atom. The van der Waals surface area contributed by atoms with Crippen LogP contribution in [0.3, 0.4) is 0 Å². The van der Waals surface area contributed by atoms with E-state index in [9.17, 15) is 8.42 Å². The molecular formula is C13H20N4O3S. The molecule has 1 saturated heterocycles. The maximum absolute atomic E-state index is 11.5. The first-order chi connectivity index (χ1) is 9.91. The number of hydrogen-bond donors (Lipinski definition) is 2. The van der Waals surface area contributed by atoms with Crippen molar-refractivity contribution < 1.29 is 13.6 Å². The zero-order valence-electron chi connectivity index (χ0n) is 11.9. The van der Waals surface area contributed by atoms with Crippen LogP contribution in [0.4, 0.5) is 0 Å². The van der Waals surface area contributed by atoms with Gasteiger partial charge in [-0.15, -0.1) is 0 Å². The number of nitrogens with two attached hydrogens (primary N) is 1. The number of nitrogens with zero attached hydrogens (tertiary/aromatic N) is 3. The van der Waals surface area contributed by atoms with E-state index in [0.29, 0.717) is 38.3 Å². The molecule has 1 aromatic rings. The molecule has 1 aliphatic rings. The zero-order valence-corrected chi connectivity index (χ0v) is 12.8. The quantitative estimate of drug-likeness (QED) is 0.349. The number of piperazine rings is 1. The molecule has 0 atom stereocenters. The number of sulfonamides is 1. The average Bonchev–Trinajstić information content (AvgIpc) is 2.46. The number of oxime groups is 1. The standard InChI is InChI=1S/C13H20N4O3S/c1-21(19,20)17-8-6-16(7-9-17)10-11-4-2-3-5-12(11)13(14)15-18/h2-5,18H,6-10H2,1H3,(H2,14,15). The van der Waals surface area contributed by atoms with Gasteiger partial charge in [0.2, 0.25) is 10.0 Å². The van der Waals surface area contributed by atoms with Gasteiger partial charge in [-0.3, -0.25) is 4.90 Å². The van der Waals surface area contributed by atoms with Crippen molar-refractivity contribution in [3.05, 3.63) is 35.4 Å². The lowest BCUT2D eigenvalue weighted by molar-refractivity contribution is 0.182. The second kappa shape index (κ2) is 6.42. The van der Waals surface area contributed by atoms with E-state index in [1.807, 2.05) is 18.2 Å². The van der Waals surface area contributed by atoms with Crippen molar-refractivity contribution in [2.45, 2.75) is 6.54 Å². The Labute approximate surface area is 124 Å². The van der Waals surface area contributed by atoms with E-state index >= 15 is 0 Å². The highest BCUT2D eigenvalue weighted by Gasteiger charge is 2.23. The minimum Gasteiger partial charge on any atom is -0.409 e. The van der Waals surface area contributed by atoms with Crippen molar-refractivity contribution >= 4 is 15.9 Å². The SMILES string of the molecule is CS(=O)(=O)N1CCN(Cc2ccccc2C(N)=NO)CC1. The molecule has 1 fully saturated rings. The van der Waals surface area contributed by atoms with Crippen molar-refractivity contribution in [2.75, 3.05) is 32.4 Å². The van der Waals surface area contributed by atoms with E-state index in [1.54, 1.807) is 6.07 Å². The van der Waals surface area contributed by atoms with Crippen LogP contribution in [0.5, 0.6) is 0 Å². The molecule has 1 aromatic carbocycles. The van der Waals surface area contributed by atoms with Crippen LogP contribution in [-0.4, -0.2) is 61.1 Å². The smallest absolute Gasteiger partial charge is 0.211 e. The van der Waals surface area contributed by atoms with Crippen molar-refractivity contribution in [3.63, 3.8) is 0 Å². The van der Waals surface area contributed by atoms with Crippen LogP contribution in [0.2, 0.25) is 0 Å². The summed E-state index contributed by atoms with van der Waals surface area (Å²) >= 11 is 0. The first kappa shape index (κ1) is 15.7. The lowest BCUT2D eigenvalue weighted by Gasteiger charge is -2.33. The van der Waals surface area contributed by atoms with Gasteiger partial charge in [-0.25, -0.2) is 8.42 Å². The van der Waals surface area contributed by atoms with E-state index in [2.05, 4.69) is 10.1 Å². The summed E-state index contributed by atoms with van der Waals surface area (Å²) in [5, 5.41) is 11.9. The van der Waals surface area contributed by atoms with Crippen LogP contribution in [0.25, 0.3) is 0 Å². The third kappa shape index (κ3) is 3.93. The average molecular weight is 312 g/mol. The third-order valence-corrected chi connectivity index (χ3v) is 4.90. The molecule has 116 valence electrons. The Morgan fingerprint density at radius 2 is 1.90 bits per heavy atom. The summed E-state index contributed by atoms with van der Waals surface area (Å²) in [5.74, 6) is 0.0837. The van der Waals surface area contributed by atoms with E-state index in [4.69, 9.17) is 10.9 Å². The summed E-state index contributed by atoms with van der Waals surface area (Å²) in [6.07, 6.45) is 1.23. The molecule has 21 heavy (non-hydrogen) atoms. The van der Waals surface area contributed by atoms with E-state index in [1.165, 1.54) is 10.6 Å². The summed E-state index contributed by atoms with van der Waals surface area (Å²) in [7, 11) is -3.11. The van der Waals surface area contributed by atoms with Crippen molar-refractivity contribution in [2.24, 2.45) is 10.9 Å². The molecule has 0 bridgehead atoms. The highest BCUT2D eigenvalue weighted by Crippen LogP contribution is 2.14. The van der Waals surface area contributed by atoms with E-state index in [0.717, 1.165) is 5.56 Å². The monoisotopic (exact) mass is 312 g/mol. The van der Waals surface area contributed by atoms with Crippen LogP contribution in [0.1, 0.15) is 11.1 Å². The van der Waals surface area contributed by atoms with Crippen LogP contribution >= 0.6 is 0 Å². The molecule has 0 radical (unpaired) electrons. The number of hydrogen-bond acceptors (Lipinski definition) is 5. The lowest BCUT2D eigenvalue weighted by atomic mass is 10.1. The fraction of sp³-hybridized carbons (Fsp3) is 0.462. The second-order valence-corrected chi connectivity index (χ2v) is 7.06. The van der Waals surface area contributed by atoms with E-state index in [-0.39, 0.29) is 5.84 Å². The van der Waals surface area contributed by atoms with Crippen LogP contribution in [0.15, 0.2) is 29.4 Å². The van der Waals surface area contributed by atoms with Gasteiger partial charge in [0.1, 0.15) is 0 Å². The summed E-state index contributed by atoms with van der Waals surface area (Å²) < 4.78 is 24.4. The van der Waals surface area contributed by atoms with Crippen molar-refractivity contribution in [1.29, 1.82) is 0 Å². The van der Waals surface area contributed by atoms with E-state index < -0.39 is 10.0 Å². The Bertz CT molecular complexity index is 622. The second-order valence-electron chi connectivity index (χ2n) is 5.08. The largest absolute Gasteiger partial charge is 0.409 e. The lowest BCUT2D eigenvalue weighted by Crippen LogP contribution is -2.47. The molecule has 0 saturated carbocycles. The fourth-order valence-corrected chi connectivity index (χ4v) is 3.25. The Hall–Kier alpha value is -1.64. The molecule has 0 aliphatic carbocycles. The van der Waals surface area contributed by atoms with Gasteiger partial charge in [0.05, 0.1) is 6.26 Å². The summed E-state index contributed by atoms with van der Waals surface area (Å²) in [6, 6.07) is 7.46. The number of rotatable bonds is 4. The van der Waals surface area contributed by atoms with Gasteiger partial charge in [-0.2, -0.15) is 4.31 Å². The minimum absolute atomic E-state index is 0.0837. The van der Waals surface area contributed by atoms with Gasteiger partial charge in [-0.05, 0) is 5.56 Å². The zero-order chi connectivity index (χ0) is 15.5. The van der Waals surface area contributed by atoms with Crippen LogP contribution < -0.4 is 5.73 Å². The molecule has 7 nitrogen and oxygen atoms in total. The van der Waals surface area contributed by atoms with Crippen LogP contribution in [-0.2, 0) is 16.6 Å². The molecule has 1 aliphatic heterocycles. The molecule has 3 N–H and O–H groups in total. The molecular weight excluding hydrogens is 292 g/mol. The first-order valence-electron chi connectivity index (χ1n) is 6.65. The predicted molar refractivity (Wildman–Crippen MR) is 80.6 cm³/mol. The van der Waals surface area contributed by atoms with Gasteiger partial charge >= 0.3 is 0 Å². The summed E-state index contributed by atoms with van der Waals surface area (Å²) in [5.41, 5.74) is 7.33. The summed E-state index contributed by atoms with van der Waals surface area (Å²) in [6.45, 7) is 2.95. The molecule has 8 heteroatoms.